The number of aliphatic hydroxyl groups is 1. The Balaban J connectivity index is 1.57. The van der Waals surface area contributed by atoms with Gasteiger partial charge in [0.15, 0.2) is 0 Å². The molecular weight excluding hydrogens is 397 g/mol. The molecule has 1 aliphatic heterocycles. The second kappa shape index (κ2) is 7.95. The van der Waals surface area contributed by atoms with Crippen molar-refractivity contribution in [2.75, 3.05) is 10.7 Å². The molecule has 1 saturated heterocycles. The van der Waals surface area contributed by atoms with Gasteiger partial charge in [0.2, 0.25) is 5.91 Å². The second-order valence-electron chi connectivity index (χ2n) is 6.55. The number of aliphatic hydroxyl groups excluding tert-OH is 1. The van der Waals surface area contributed by atoms with Crippen LogP contribution >= 0.6 is 23.1 Å². The van der Waals surface area contributed by atoms with Gasteiger partial charge < -0.3 is 15.1 Å². The number of amides is 1. The van der Waals surface area contributed by atoms with Crippen molar-refractivity contribution < 1.29 is 19.4 Å². The predicted octanol–water partition coefficient (Wildman–Crippen LogP) is 4.52. The highest BCUT2D eigenvalue weighted by atomic mass is 32.2. The summed E-state index contributed by atoms with van der Waals surface area (Å²) < 4.78 is 13.3. The summed E-state index contributed by atoms with van der Waals surface area (Å²) in [6.07, 6.45) is -0.635. The molecule has 4 nitrogen and oxygen atoms in total. The van der Waals surface area contributed by atoms with E-state index in [4.69, 9.17) is 0 Å². The van der Waals surface area contributed by atoms with E-state index in [9.17, 15) is 19.4 Å². The SMILES string of the molecule is O=C1[C@H](SC[C@H](O)c2ccsc2)[C@@H](c2ccc(O)cc2)N1c1ccc(F)cc1. The largest absolute Gasteiger partial charge is 0.508 e. The van der Waals surface area contributed by atoms with Crippen LogP contribution in [0.25, 0.3) is 0 Å². The number of rotatable bonds is 6. The average Bonchev–Trinajstić information content (AvgIpc) is 3.23. The van der Waals surface area contributed by atoms with E-state index >= 15 is 0 Å². The van der Waals surface area contributed by atoms with Crippen LogP contribution in [0.5, 0.6) is 5.75 Å². The van der Waals surface area contributed by atoms with Crippen LogP contribution in [0.3, 0.4) is 0 Å². The first kappa shape index (κ1) is 19.0. The highest BCUT2D eigenvalue weighted by Crippen LogP contribution is 2.46. The Morgan fingerprint density at radius 2 is 1.82 bits per heavy atom. The molecule has 3 atom stereocenters. The number of benzene rings is 2. The predicted molar refractivity (Wildman–Crippen MR) is 110 cm³/mol. The van der Waals surface area contributed by atoms with Crippen molar-refractivity contribution in [3.05, 3.63) is 82.3 Å². The third-order valence-electron chi connectivity index (χ3n) is 4.75. The maximum Gasteiger partial charge on any atom is 0.243 e. The Hall–Kier alpha value is -2.35. The first-order valence-corrected chi connectivity index (χ1v) is 10.7. The van der Waals surface area contributed by atoms with Crippen LogP contribution in [0.4, 0.5) is 10.1 Å². The van der Waals surface area contributed by atoms with Gasteiger partial charge >= 0.3 is 0 Å². The van der Waals surface area contributed by atoms with Crippen molar-refractivity contribution >= 4 is 34.7 Å². The van der Waals surface area contributed by atoms with Gasteiger partial charge in [-0.1, -0.05) is 12.1 Å². The number of nitrogens with zero attached hydrogens (tertiary/aromatic N) is 1. The average molecular weight is 416 g/mol. The molecule has 2 aromatic carbocycles. The van der Waals surface area contributed by atoms with Crippen LogP contribution in [0.1, 0.15) is 23.3 Å². The van der Waals surface area contributed by atoms with Gasteiger partial charge in [-0.3, -0.25) is 4.79 Å². The zero-order valence-corrected chi connectivity index (χ0v) is 16.4. The first-order valence-electron chi connectivity index (χ1n) is 8.74. The highest BCUT2D eigenvalue weighted by molar-refractivity contribution is 8.00. The van der Waals surface area contributed by atoms with Crippen molar-refractivity contribution in [3.8, 4) is 5.75 Å². The van der Waals surface area contributed by atoms with E-state index in [0.29, 0.717) is 11.4 Å². The number of hydrogen-bond acceptors (Lipinski definition) is 5. The molecule has 0 aliphatic carbocycles. The zero-order chi connectivity index (χ0) is 19.7. The van der Waals surface area contributed by atoms with E-state index < -0.39 is 6.10 Å². The molecule has 0 unspecified atom stereocenters. The fourth-order valence-corrected chi connectivity index (χ4v) is 5.27. The van der Waals surface area contributed by atoms with Gasteiger partial charge in [-0.15, -0.1) is 11.8 Å². The fourth-order valence-electron chi connectivity index (χ4n) is 3.27. The third-order valence-corrected chi connectivity index (χ3v) is 6.77. The molecule has 1 amide bonds. The molecule has 0 radical (unpaired) electrons. The Labute approximate surface area is 170 Å². The minimum absolute atomic E-state index is 0.0767. The number of hydrogen-bond donors (Lipinski definition) is 2. The summed E-state index contributed by atoms with van der Waals surface area (Å²) in [7, 11) is 0. The maximum atomic E-state index is 13.3. The molecule has 2 heterocycles. The summed E-state index contributed by atoms with van der Waals surface area (Å²) in [5, 5.41) is 23.4. The topological polar surface area (TPSA) is 60.8 Å². The number of carbonyl (C=O) groups excluding carboxylic acids is 1. The molecule has 144 valence electrons. The highest BCUT2D eigenvalue weighted by Gasteiger charge is 2.49. The number of carbonyl (C=O) groups is 1. The lowest BCUT2D eigenvalue weighted by atomic mass is 9.92. The second-order valence-corrected chi connectivity index (χ2v) is 8.50. The Morgan fingerprint density at radius 1 is 1.11 bits per heavy atom. The van der Waals surface area contributed by atoms with Gasteiger partial charge in [-0.2, -0.15) is 11.3 Å². The molecule has 0 spiro atoms. The van der Waals surface area contributed by atoms with Crippen LogP contribution in [0.2, 0.25) is 0 Å². The lowest BCUT2D eigenvalue weighted by molar-refractivity contribution is -0.123. The van der Waals surface area contributed by atoms with E-state index in [1.54, 1.807) is 41.3 Å². The number of β-lactam (4-membered cyclic amide) rings is 1. The monoisotopic (exact) mass is 415 g/mol. The number of aromatic hydroxyl groups is 1. The van der Waals surface area contributed by atoms with Gasteiger partial charge in [0.25, 0.3) is 0 Å². The van der Waals surface area contributed by atoms with E-state index in [2.05, 4.69) is 0 Å². The molecule has 3 aromatic rings. The number of phenolic OH excluding ortho intramolecular Hbond substituents is 1. The number of halogens is 1. The molecule has 4 rings (SSSR count). The summed E-state index contributed by atoms with van der Waals surface area (Å²) >= 11 is 2.93. The van der Waals surface area contributed by atoms with Crippen molar-refractivity contribution in [3.63, 3.8) is 0 Å². The van der Waals surface area contributed by atoms with E-state index in [1.807, 2.05) is 16.8 Å². The molecular formula is C21H18FNO3S2. The van der Waals surface area contributed by atoms with Crippen molar-refractivity contribution in [2.45, 2.75) is 17.4 Å². The van der Waals surface area contributed by atoms with Crippen molar-refractivity contribution in [1.82, 2.24) is 0 Å². The Kier molecular flexibility index (Phi) is 5.39. The van der Waals surface area contributed by atoms with Gasteiger partial charge in [0, 0.05) is 11.4 Å². The standard InChI is InChI=1S/C21H18FNO3S2/c22-15-3-5-16(6-4-15)23-19(13-1-7-17(24)8-2-13)20(21(23)26)28-12-18(25)14-9-10-27-11-14/h1-11,18-20,24-25H,12H2/t18-,19+,20+/m0/s1. The van der Waals surface area contributed by atoms with Gasteiger partial charge in [-0.05, 0) is 64.4 Å². The molecule has 1 aromatic heterocycles. The quantitative estimate of drug-likeness (QED) is 0.582. The van der Waals surface area contributed by atoms with Gasteiger partial charge in [0.1, 0.15) is 16.8 Å². The van der Waals surface area contributed by atoms with E-state index in [1.165, 1.54) is 35.2 Å². The van der Waals surface area contributed by atoms with Crippen LogP contribution in [-0.2, 0) is 4.79 Å². The van der Waals surface area contributed by atoms with Crippen LogP contribution in [0.15, 0.2) is 65.4 Å². The maximum absolute atomic E-state index is 13.3. The van der Waals surface area contributed by atoms with Gasteiger partial charge in [0.05, 0.1) is 12.1 Å². The molecule has 1 aliphatic rings. The normalized spacial score (nSPS) is 20.1. The fraction of sp³-hybridized carbons (Fsp3) is 0.190. The lowest BCUT2D eigenvalue weighted by Crippen LogP contribution is -2.57. The van der Waals surface area contributed by atoms with E-state index in [-0.39, 0.29) is 28.8 Å². The molecule has 7 heteroatoms. The first-order chi connectivity index (χ1) is 13.5. The van der Waals surface area contributed by atoms with Crippen LogP contribution in [-0.4, -0.2) is 27.1 Å². The number of thioether (sulfide) groups is 1. The number of phenols is 1. The van der Waals surface area contributed by atoms with E-state index in [0.717, 1.165) is 11.1 Å². The van der Waals surface area contributed by atoms with Crippen molar-refractivity contribution in [2.24, 2.45) is 0 Å². The molecule has 1 fully saturated rings. The summed E-state index contributed by atoms with van der Waals surface area (Å²) in [5.41, 5.74) is 2.35. The minimum Gasteiger partial charge on any atom is -0.508 e. The van der Waals surface area contributed by atoms with Crippen LogP contribution < -0.4 is 4.90 Å². The Morgan fingerprint density at radius 3 is 2.46 bits per heavy atom. The summed E-state index contributed by atoms with van der Waals surface area (Å²) in [6, 6.07) is 14.2. The minimum atomic E-state index is -0.635. The molecule has 28 heavy (non-hydrogen) atoms. The van der Waals surface area contributed by atoms with Crippen molar-refractivity contribution in [1.29, 1.82) is 0 Å². The summed E-state index contributed by atoms with van der Waals surface area (Å²) in [6.45, 7) is 0. The number of anilines is 1. The zero-order valence-electron chi connectivity index (χ0n) is 14.7. The summed E-state index contributed by atoms with van der Waals surface area (Å²) in [4.78, 5) is 14.5. The number of thiophene rings is 1. The molecule has 2 N–H and O–H groups in total. The van der Waals surface area contributed by atoms with Gasteiger partial charge in [-0.25, -0.2) is 4.39 Å². The smallest absolute Gasteiger partial charge is 0.243 e. The van der Waals surface area contributed by atoms with Crippen LogP contribution in [0, 0.1) is 5.82 Å². The third kappa shape index (κ3) is 3.65. The molecule has 0 saturated carbocycles. The Bertz CT molecular complexity index is 945. The lowest BCUT2D eigenvalue weighted by Gasteiger charge is -2.47. The summed E-state index contributed by atoms with van der Waals surface area (Å²) in [5.74, 6) is 0.119. The molecule has 0 bridgehead atoms.